The van der Waals surface area contributed by atoms with Gasteiger partial charge in [0.1, 0.15) is 17.5 Å². The van der Waals surface area contributed by atoms with Crippen LogP contribution in [0.1, 0.15) is 23.1 Å². The summed E-state index contributed by atoms with van der Waals surface area (Å²) in [7, 11) is 1.54. The summed E-state index contributed by atoms with van der Waals surface area (Å²) in [6.07, 6.45) is 2.35. The molecular formula is C17H17ClN4O3. The van der Waals surface area contributed by atoms with Gasteiger partial charge in [-0.3, -0.25) is 4.98 Å². The van der Waals surface area contributed by atoms with Gasteiger partial charge in [-0.25, -0.2) is 4.68 Å². The van der Waals surface area contributed by atoms with E-state index in [9.17, 15) is 5.11 Å². The minimum absolute atomic E-state index is 0.114. The molecule has 0 bridgehead atoms. The lowest BCUT2D eigenvalue weighted by atomic mass is 10.1. The van der Waals surface area contributed by atoms with Crippen LogP contribution < -0.4 is 4.74 Å². The number of hydrogen-bond donors (Lipinski definition) is 1. The number of aromatic nitrogens is 4. The van der Waals surface area contributed by atoms with Crippen molar-refractivity contribution in [1.29, 1.82) is 0 Å². The van der Waals surface area contributed by atoms with Crippen LogP contribution in [0.25, 0.3) is 5.69 Å². The normalized spacial score (nSPS) is 12.2. The van der Waals surface area contributed by atoms with Crippen molar-refractivity contribution in [1.82, 2.24) is 20.0 Å². The van der Waals surface area contributed by atoms with Crippen molar-refractivity contribution in [3.8, 4) is 11.4 Å². The fraction of sp³-hybridized carbons (Fsp3) is 0.235. The Hall–Kier alpha value is -2.48. The number of hydrogen-bond acceptors (Lipinski definition) is 6. The zero-order valence-electron chi connectivity index (χ0n) is 13.8. The molecule has 2 aromatic heterocycles. The second-order valence-electron chi connectivity index (χ2n) is 5.33. The minimum atomic E-state index is -0.901. The van der Waals surface area contributed by atoms with Crippen molar-refractivity contribution in [2.45, 2.75) is 13.0 Å². The van der Waals surface area contributed by atoms with Gasteiger partial charge in [0.2, 0.25) is 0 Å². The Bertz CT molecular complexity index is 854. The van der Waals surface area contributed by atoms with E-state index in [0.29, 0.717) is 33.4 Å². The summed E-state index contributed by atoms with van der Waals surface area (Å²) in [6, 6.07) is 8.80. The second-order valence-corrected chi connectivity index (χ2v) is 5.73. The van der Waals surface area contributed by atoms with Crippen molar-refractivity contribution >= 4 is 11.6 Å². The maximum Gasteiger partial charge on any atom is 0.188 e. The summed E-state index contributed by atoms with van der Waals surface area (Å²) >= 11 is 6.23. The first kappa shape index (κ1) is 17.3. The molecule has 0 aliphatic carbocycles. The third kappa shape index (κ3) is 3.63. The zero-order chi connectivity index (χ0) is 17.8. The lowest BCUT2D eigenvalue weighted by molar-refractivity contribution is 0.0512. The molecule has 2 heterocycles. The van der Waals surface area contributed by atoms with Crippen molar-refractivity contribution < 1.29 is 14.6 Å². The smallest absolute Gasteiger partial charge is 0.188 e. The van der Waals surface area contributed by atoms with E-state index in [-0.39, 0.29) is 6.79 Å². The van der Waals surface area contributed by atoms with Crippen LogP contribution >= 0.6 is 11.6 Å². The molecule has 25 heavy (non-hydrogen) atoms. The van der Waals surface area contributed by atoms with E-state index in [1.54, 1.807) is 47.4 Å². The number of pyridine rings is 1. The zero-order valence-corrected chi connectivity index (χ0v) is 14.5. The lowest BCUT2D eigenvalue weighted by Gasteiger charge is -2.11. The largest absolute Gasteiger partial charge is 0.466 e. The van der Waals surface area contributed by atoms with Gasteiger partial charge >= 0.3 is 0 Å². The number of methoxy groups -OCH3 is 1. The molecule has 0 saturated carbocycles. The molecule has 1 aromatic carbocycles. The van der Waals surface area contributed by atoms with Gasteiger partial charge in [-0.2, -0.15) is 0 Å². The second kappa shape index (κ2) is 7.60. The maximum absolute atomic E-state index is 10.5. The van der Waals surface area contributed by atoms with Crippen LogP contribution in [0, 0.1) is 6.92 Å². The van der Waals surface area contributed by atoms with E-state index in [2.05, 4.69) is 15.3 Å². The predicted molar refractivity (Wildman–Crippen MR) is 91.9 cm³/mol. The van der Waals surface area contributed by atoms with Crippen LogP contribution in [0.5, 0.6) is 5.75 Å². The molecule has 3 rings (SSSR count). The molecular weight excluding hydrogens is 344 g/mol. The van der Waals surface area contributed by atoms with Gasteiger partial charge in [-0.1, -0.05) is 22.9 Å². The highest BCUT2D eigenvalue weighted by atomic mass is 35.5. The van der Waals surface area contributed by atoms with E-state index in [1.165, 1.54) is 7.11 Å². The third-order valence-electron chi connectivity index (χ3n) is 3.68. The summed E-state index contributed by atoms with van der Waals surface area (Å²) < 4.78 is 11.8. The first-order valence-corrected chi connectivity index (χ1v) is 7.91. The average Bonchev–Trinajstić information content (AvgIpc) is 3.02. The molecule has 0 radical (unpaired) electrons. The van der Waals surface area contributed by atoms with Gasteiger partial charge in [-0.05, 0) is 31.2 Å². The van der Waals surface area contributed by atoms with Gasteiger partial charge < -0.3 is 14.6 Å². The monoisotopic (exact) mass is 360 g/mol. The number of aliphatic hydroxyl groups excluding tert-OH is 1. The van der Waals surface area contributed by atoms with Crippen LogP contribution in [0.15, 0.2) is 42.7 Å². The van der Waals surface area contributed by atoms with E-state index in [0.717, 1.165) is 0 Å². The molecule has 130 valence electrons. The van der Waals surface area contributed by atoms with Gasteiger partial charge in [0.05, 0.1) is 16.4 Å². The average molecular weight is 361 g/mol. The highest BCUT2D eigenvalue weighted by Gasteiger charge is 2.20. The van der Waals surface area contributed by atoms with Crippen LogP contribution in [-0.4, -0.2) is 39.0 Å². The van der Waals surface area contributed by atoms with Gasteiger partial charge in [0.25, 0.3) is 0 Å². The Labute approximate surface area is 149 Å². The summed E-state index contributed by atoms with van der Waals surface area (Å²) in [5, 5.41) is 19.2. The number of aliphatic hydroxyl groups is 1. The molecule has 0 amide bonds. The van der Waals surface area contributed by atoms with Crippen LogP contribution in [0.4, 0.5) is 0 Å². The Balaban J connectivity index is 1.90. The van der Waals surface area contributed by atoms with E-state index >= 15 is 0 Å². The highest BCUT2D eigenvalue weighted by Crippen LogP contribution is 2.29. The van der Waals surface area contributed by atoms with Crippen molar-refractivity contribution in [3.63, 3.8) is 0 Å². The summed E-state index contributed by atoms with van der Waals surface area (Å²) in [5.41, 5.74) is 2.53. The summed E-state index contributed by atoms with van der Waals surface area (Å²) in [4.78, 5) is 4.02. The SMILES string of the molecule is COCOc1ccc(-n2nnc(C(O)c3cccnc3)c2C)cc1Cl. The molecule has 1 unspecified atom stereocenters. The highest BCUT2D eigenvalue weighted by molar-refractivity contribution is 6.32. The van der Waals surface area contributed by atoms with E-state index < -0.39 is 6.10 Å². The number of ether oxygens (including phenoxy) is 2. The summed E-state index contributed by atoms with van der Waals surface area (Å²) in [5.74, 6) is 0.514. The molecule has 3 aromatic rings. The van der Waals surface area contributed by atoms with E-state index in [4.69, 9.17) is 21.1 Å². The Morgan fingerprint density at radius 1 is 1.32 bits per heavy atom. The predicted octanol–water partition coefficient (Wildman–Crippen LogP) is 2.69. The molecule has 7 nitrogen and oxygen atoms in total. The van der Waals surface area contributed by atoms with E-state index in [1.807, 2.05) is 6.92 Å². The molecule has 1 atom stereocenters. The lowest BCUT2D eigenvalue weighted by Crippen LogP contribution is -2.05. The van der Waals surface area contributed by atoms with Crippen molar-refractivity contribution in [2.75, 3.05) is 13.9 Å². The molecule has 8 heteroatoms. The Kier molecular flexibility index (Phi) is 5.28. The molecule has 0 aliphatic rings. The Morgan fingerprint density at radius 3 is 2.84 bits per heavy atom. The van der Waals surface area contributed by atoms with Gasteiger partial charge in [0.15, 0.2) is 6.79 Å². The Morgan fingerprint density at radius 2 is 2.16 bits per heavy atom. The van der Waals surface area contributed by atoms with Crippen LogP contribution in [0.2, 0.25) is 5.02 Å². The molecule has 1 N–H and O–H groups in total. The third-order valence-corrected chi connectivity index (χ3v) is 3.98. The molecule has 0 spiro atoms. The van der Waals surface area contributed by atoms with Gasteiger partial charge in [0, 0.05) is 25.1 Å². The minimum Gasteiger partial charge on any atom is -0.466 e. The topological polar surface area (TPSA) is 82.3 Å². The fourth-order valence-corrected chi connectivity index (χ4v) is 2.62. The van der Waals surface area contributed by atoms with Crippen molar-refractivity contribution in [3.05, 3.63) is 64.7 Å². The number of benzene rings is 1. The fourth-order valence-electron chi connectivity index (χ4n) is 2.40. The number of nitrogens with zero attached hydrogens (tertiary/aromatic N) is 4. The van der Waals surface area contributed by atoms with Gasteiger partial charge in [-0.15, -0.1) is 5.10 Å². The molecule has 0 aliphatic heterocycles. The molecule has 0 saturated heterocycles. The van der Waals surface area contributed by atoms with Crippen LogP contribution in [-0.2, 0) is 4.74 Å². The standard InChI is InChI=1S/C17H17ClN4O3/c1-11-16(17(23)12-4-3-7-19-9-12)20-21-22(11)13-5-6-15(14(18)8-13)25-10-24-2/h3-9,17,23H,10H2,1-2H3. The molecule has 0 fully saturated rings. The first-order valence-electron chi connectivity index (χ1n) is 7.53. The van der Waals surface area contributed by atoms with Crippen LogP contribution in [0.3, 0.4) is 0 Å². The van der Waals surface area contributed by atoms with Crippen molar-refractivity contribution in [2.24, 2.45) is 0 Å². The summed E-state index contributed by atoms with van der Waals surface area (Å²) in [6.45, 7) is 1.95. The number of halogens is 1. The first-order chi connectivity index (χ1) is 12.1. The maximum atomic E-state index is 10.5. The number of rotatable bonds is 6. The quantitative estimate of drug-likeness (QED) is 0.680.